The van der Waals surface area contributed by atoms with Gasteiger partial charge in [-0.2, -0.15) is 8.42 Å². The van der Waals surface area contributed by atoms with Crippen molar-refractivity contribution in [3.05, 3.63) is 24.3 Å². The van der Waals surface area contributed by atoms with E-state index in [9.17, 15) is 23.2 Å². The average Bonchev–Trinajstić information content (AvgIpc) is 3.06. The van der Waals surface area contributed by atoms with Gasteiger partial charge >= 0.3 is 10.4 Å². The quantitative estimate of drug-likeness (QED) is 0.0145. The Kier molecular flexibility index (Phi) is 38.3. The fourth-order valence-corrected chi connectivity index (χ4v) is 5.66. The molecule has 0 unspecified atom stereocenters. The predicted octanol–water partition coefficient (Wildman–Crippen LogP) is 10.8. The number of hydrazine groups is 1. The normalized spacial score (nSPS) is 12.0. The Morgan fingerprint density at radius 3 is 1.12 bits per heavy atom. The molecule has 0 atom stereocenters. The molecule has 0 aliphatic rings. The molecule has 0 spiro atoms. The number of carbonyl (C=O) groups is 2. The molecule has 0 heterocycles. The van der Waals surface area contributed by atoms with E-state index in [0.29, 0.717) is 18.0 Å². The third-order valence-electron chi connectivity index (χ3n) is 8.73. The first-order valence-electron chi connectivity index (χ1n) is 19.7. The van der Waals surface area contributed by atoms with E-state index >= 15 is 0 Å². The van der Waals surface area contributed by atoms with Crippen molar-refractivity contribution in [1.29, 1.82) is 0 Å². The molecule has 0 aliphatic heterocycles. The molecule has 0 saturated heterocycles. The number of hydrogen-bond donors (Lipinski definition) is 3. The first kappa shape index (κ1) is 49.7. The minimum Gasteiger partial charge on any atom is -0.299 e. The molecule has 0 saturated carbocycles. The lowest BCUT2D eigenvalue weighted by atomic mass is 9.91. The van der Waals surface area contributed by atoms with Gasteiger partial charge in [-0.1, -0.05) is 141 Å². The Hall–Kier alpha value is -1.43. The van der Waals surface area contributed by atoms with E-state index in [4.69, 9.17) is 10.4 Å². The molecule has 0 rings (SSSR count). The molecule has 0 radical (unpaired) electrons. The summed E-state index contributed by atoms with van der Waals surface area (Å²) < 4.78 is 29.7. The number of Topliss-reactive ketones (excluding diaryl/α,β-unsaturated/α-hetero) is 2. The fraction of sp³-hybridized carbons (Fsp3) is 0.846. The van der Waals surface area contributed by atoms with Gasteiger partial charge in [-0.05, 0) is 64.2 Å². The zero-order chi connectivity index (χ0) is 36.9. The third-order valence-corrected chi connectivity index (χ3v) is 9.15. The van der Waals surface area contributed by atoms with Gasteiger partial charge in [0.15, 0.2) is 0 Å². The van der Waals surface area contributed by atoms with Crippen LogP contribution in [0.3, 0.4) is 0 Å². The number of hydrogen-bond acceptors (Lipinski definition) is 8. The van der Waals surface area contributed by atoms with Crippen LogP contribution < -0.4 is 5.84 Å². The highest BCUT2D eigenvalue weighted by Gasteiger charge is 2.26. The highest BCUT2D eigenvalue weighted by atomic mass is 32.3. The molecule has 0 fully saturated rings. The Balaban J connectivity index is 0. The largest absolute Gasteiger partial charge is 0.397 e. The molecule has 9 nitrogen and oxygen atoms in total. The van der Waals surface area contributed by atoms with Crippen LogP contribution in [0.1, 0.15) is 194 Å². The van der Waals surface area contributed by atoms with Crippen LogP contribution in [-0.4, -0.2) is 48.6 Å². The molecule has 0 amide bonds. The molecular weight excluding hydrogens is 641 g/mol. The maximum atomic E-state index is 12.8. The van der Waals surface area contributed by atoms with Crippen LogP contribution in [-0.2, 0) is 24.2 Å². The van der Waals surface area contributed by atoms with E-state index in [2.05, 4.69) is 42.3 Å². The average molecular weight is 717 g/mol. The number of allylic oxidation sites excluding steroid dienone is 4. The predicted molar refractivity (Wildman–Crippen MR) is 204 cm³/mol. The summed E-state index contributed by atoms with van der Waals surface area (Å²) in [7, 11) is -3.29. The molecule has 49 heavy (non-hydrogen) atoms. The van der Waals surface area contributed by atoms with Gasteiger partial charge in [0, 0.05) is 12.8 Å². The summed E-state index contributed by atoms with van der Waals surface area (Å²) >= 11 is 0. The highest BCUT2D eigenvalue weighted by molar-refractivity contribution is 7.80. The third kappa shape index (κ3) is 40.9. The zero-order valence-electron chi connectivity index (χ0n) is 31.8. The number of ketones is 2. The maximum Gasteiger partial charge on any atom is 0.397 e. The first-order chi connectivity index (χ1) is 23.6. The number of nitrogens with zero attached hydrogens (tertiary/aromatic N) is 1. The van der Waals surface area contributed by atoms with E-state index < -0.39 is 16.3 Å². The van der Waals surface area contributed by atoms with Gasteiger partial charge < -0.3 is 0 Å². The van der Waals surface area contributed by atoms with Crippen molar-refractivity contribution in [2.24, 2.45) is 11.8 Å². The van der Waals surface area contributed by atoms with Crippen molar-refractivity contribution in [2.75, 3.05) is 13.7 Å². The Bertz CT molecular complexity index is 855. The highest BCUT2D eigenvalue weighted by Crippen LogP contribution is 2.16. The smallest absolute Gasteiger partial charge is 0.299 e. The Labute approximate surface area is 301 Å². The minimum atomic E-state index is -4.16. The number of nitrogens with two attached hydrogens (primary N) is 1. The Morgan fingerprint density at radius 1 is 0.592 bits per heavy atom. The summed E-state index contributed by atoms with van der Waals surface area (Å²) in [4.78, 5) is 25.6. The van der Waals surface area contributed by atoms with Crippen molar-refractivity contribution >= 4 is 22.0 Å². The van der Waals surface area contributed by atoms with Crippen molar-refractivity contribution in [3.63, 3.8) is 0 Å². The first-order valence-corrected chi connectivity index (χ1v) is 21.0. The lowest BCUT2D eigenvalue weighted by molar-refractivity contribution is -0.144. The van der Waals surface area contributed by atoms with Gasteiger partial charge in [0.2, 0.25) is 0 Å². The van der Waals surface area contributed by atoms with E-state index in [1.165, 1.54) is 116 Å². The molecular formula is C39H76N2O7S. The van der Waals surface area contributed by atoms with Gasteiger partial charge in [-0.25, -0.2) is 5.84 Å². The summed E-state index contributed by atoms with van der Waals surface area (Å²) in [6.45, 7) is 4.42. The van der Waals surface area contributed by atoms with Crippen LogP contribution in [0.5, 0.6) is 0 Å². The standard InChI is InChI=1S/C38H72N2O3.CH4O4S/c1-3-5-7-9-11-13-15-17-19-21-23-25-27-29-31-33-37(41)36(35-40(39)43)38(42)34-32-30-28-26-24-22-20-18-16-14-12-10-8-6-4-2;1-5-6(2,3)4/h17-20,36,43H,3-16,21-35,39H2,1-2H3;1H3,(H,2,3,4)/b19-17-,20-18-;. The number of hydroxylamine groups is 1. The van der Waals surface area contributed by atoms with Gasteiger partial charge in [0.25, 0.3) is 0 Å². The minimum absolute atomic E-state index is 0.0696. The van der Waals surface area contributed by atoms with Crippen LogP contribution >= 0.6 is 0 Å². The number of rotatable bonds is 35. The van der Waals surface area contributed by atoms with Crippen molar-refractivity contribution in [3.8, 4) is 0 Å². The van der Waals surface area contributed by atoms with E-state index in [-0.39, 0.29) is 18.1 Å². The van der Waals surface area contributed by atoms with Crippen LogP contribution in [0.2, 0.25) is 0 Å². The second-order valence-corrected chi connectivity index (χ2v) is 14.6. The molecule has 0 aromatic carbocycles. The monoisotopic (exact) mass is 717 g/mol. The van der Waals surface area contributed by atoms with E-state index in [0.717, 1.165) is 58.5 Å². The summed E-state index contributed by atoms with van der Waals surface area (Å²) in [5.41, 5.74) is 0. The lowest BCUT2D eigenvalue weighted by Crippen LogP contribution is -2.39. The SMILES string of the molecule is CCCCCCCC/C=C\CCCCCCCC(=O)C(CN(N)O)C(=O)CCCCCCC/C=C\CCCCCCCC.COS(=O)(=O)O. The van der Waals surface area contributed by atoms with Gasteiger partial charge in [0.1, 0.15) is 11.6 Å². The topological polar surface area (TPSA) is 147 Å². The van der Waals surface area contributed by atoms with Crippen molar-refractivity contribution in [1.82, 2.24) is 5.17 Å². The summed E-state index contributed by atoms with van der Waals surface area (Å²) in [5, 5.41) is 10.0. The van der Waals surface area contributed by atoms with Crippen molar-refractivity contribution in [2.45, 2.75) is 194 Å². The van der Waals surface area contributed by atoms with Gasteiger partial charge in [0.05, 0.1) is 19.6 Å². The van der Waals surface area contributed by atoms with Crippen LogP contribution in [0.15, 0.2) is 24.3 Å². The fourth-order valence-electron chi connectivity index (χ4n) is 5.66. The number of carbonyl (C=O) groups excluding carboxylic acids is 2. The van der Waals surface area contributed by atoms with Crippen LogP contribution in [0.25, 0.3) is 0 Å². The maximum absolute atomic E-state index is 12.8. The molecule has 10 heteroatoms. The van der Waals surface area contributed by atoms with Gasteiger partial charge in [-0.3, -0.25) is 23.5 Å². The summed E-state index contributed by atoms with van der Waals surface area (Å²) in [6, 6.07) is 0. The second-order valence-electron chi connectivity index (χ2n) is 13.4. The second kappa shape index (κ2) is 37.8. The van der Waals surface area contributed by atoms with Crippen LogP contribution in [0, 0.1) is 5.92 Å². The molecule has 290 valence electrons. The lowest BCUT2D eigenvalue weighted by Gasteiger charge is -2.17. The van der Waals surface area contributed by atoms with E-state index in [1.54, 1.807) is 0 Å². The molecule has 0 bridgehead atoms. The molecule has 0 aromatic heterocycles. The number of unbranched alkanes of at least 4 members (excludes halogenated alkanes) is 22. The Morgan fingerprint density at radius 2 is 0.857 bits per heavy atom. The summed E-state index contributed by atoms with van der Waals surface area (Å²) in [5.74, 6) is 4.47. The van der Waals surface area contributed by atoms with Gasteiger partial charge in [-0.15, -0.1) is 5.17 Å². The summed E-state index contributed by atoms with van der Waals surface area (Å²) in [6.07, 6.45) is 41.7. The molecule has 0 aromatic rings. The molecule has 4 N–H and O–H groups in total. The van der Waals surface area contributed by atoms with E-state index in [1.807, 2.05) is 0 Å². The molecule has 0 aliphatic carbocycles. The zero-order valence-corrected chi connectivity index (χ0v) is 32.6. The van der Waals surface area contributed by atoms with Crippen molar-refractivity contribution < 1.29 is 31.9 Å². The van der Waals surface area contributed by atoms with Crippen LogP contribution in [0.4, 0.5) is 0 Å².